The quantitative estimate of drug-likeness (QED) is 0.139. The normalized spacial score (nSPS) is 11.8. The van der Waals surface area contributed by atoms with Crippen LogP contribution in [0.1, 0.15) is 0 Å². The summed E-state index contributed by atoms with van der Waals surface area (Å²) in [5.41, 5.74) is 7.57. The van der Waals surface area contributed by atoms with Crippen LogP contribution < -0.4 is 0 Å². The Bertz CT molecular complexity index is 2830. The second-order valence-electron chi connectivity index (χ2n) is 12.8. The third-order valence-corrected chi connectivity index (χ3v) is 10.2. The largest absolute Gasteiger partial charge is 0.0616 e. The molecular weight excluding hydrogens is 577 g/mol. The van der Waals surface area contributed by atoms with Crippen LogP contribution in [0.3, 0.4) is 0 Å². The van der Waals surface area contributed by atoms with Gasteiger partial charge in [0.15, 0.2) is 0 Å². The van der Waals surface area contributed by atoms with Gasteiger partial charge in [0.2, 0.25) is 0 Å². The maximum Gasteiger partial charge on any atom is -0.00199 e. The fourth-order valence-corrected chi connectivity index (χ4v) is 8.13. The highest BCUT2D eigenvalue weighted by Gasteiger charge is 2.19. The predicted octanol–water partition coefficient (Wildman–Crippen LogP) is 13.6. The number of hydrogen-bond donors (Lipinski definition) is 0. The zero-order valence-corrected chi connectivity index (χ0v) is 26.3. The Kier molecular flexibility index (Phi) is 5.98. The van der Waals surface area contributed by atoms with E-state index in [-0.39, 0.29) is 0 Å². The third kappa shape index (κ3) is 4.03. The Morgan fingerprint density at radius 1 is 0.208 bits per heavy atom. The second-order valence-corrected chi connectivity index (χ2v) is 12.8. The Balaban J connectivity index is 1.26. The molecule has 0 aliphatic rings. The predicted molar refractivity (Wildman–Crippen MR) is 208 cm³/mol. The van der Waals surface area contributed by atoms with E-state index < -0.39 is 0 Å². The monoisotopic (exact) mass is 606 g/mol. The summed E-state index contributed by atoms with van der Waals surface area (Å²) in [7, 11) is 0. The molecule has 0 bridgehead atoms. The lowest BCUT2D eigenvalue weighted by molar-refractivity contribution is 1.64. The van der Waals surface area contributed by atoms with Crippen molar-refractivity contribution < 1.29 is 0 Å². The molecule has 10 aromatic rings. The number of rotatable bonds is 3. The maximum atomic E-state index is 2.40. The number of fused-ring (bicyclic) bond motifs is 8. The van der Waals surface area contributed by atoms with Crippen LogP contribution in [0.5, 0.6) is 0 Å². The van der Waals surface area contributed by atoms with E-state index in [2.05, 4.69) is 182 Å². The van der Waals surface area contributed by atoms with Crippen LogP contribution in [0.25, 0.3) is 98.0 Å². The van der Waals surface area contributed by atoms with Gasteiger partial charge in [0.1, 0.15) is 0 Å². The second kappa shape index (κ2) is 10.7. The van der Waals surface area contributed by atoms with Gasteiger partial charge in [-0.05, 0) is 110 Å². The molecule has 0 aliphatic heterocycles. The third-order valence-electron chi connectivity index (χ3n) is 10.2. The molecule has 0 spiro atoms. The van der Waals surface area contributed by atoms with Crippen LogP contribution in [0.15, 0.2) is 182 Å². The number of hydrogen-bond acceptors (Lipinski definition) is 0. The summed E-state index contributed by atoms with van der Waals surface area (Å²) in [6.45, 7) is 0. The summed E-state index contributed by atoms with van der Waals surface area (Å²) in [5, 5.41) is 15.3. The Labute approximate surface area is 279 Å². The molecule has 10 rings (SSSR count). The minimum atomic E-state index is 1.23. The van der Waals surface area contributed by atoms with Gasteiger partial charge in [0.05, 0.1) is 0 Å². The molecule has 0 saturated heterocycles. The van der Waals surface area contributed by atoms with Crippen molar-refractivity contribution in [2.75, 3.05) is 0 Å². The molecule has 0 nitrogen and oxygen atoms in total. The smallest absolute Gasteiger partial charge is 0.00199 e. The van der Waals surface area contributed by atoms with E-state index in [0.717, 1.165) is 0 Å². The van der Waals surface area contributed by atoms with Gasteiger partial charge in [0.25, 0.3) is 0 Å². The average molecular weight is 607 g/mol. The van der Waals surface area contributed by atoms with Crippen LogP contribution in [0.4, 0.5) is 0 Å². The first-order chi connectivity index (χ1) is 23.8. The van der Waals surface area contributed by atoms with Crippen molar-refractivity contribution in [1.82, 2.24) is 0 Å². The summed E-state index contributed by atoms with van der Waals surface area (Å²) in [6.07, 6.45) is 0. The summed E-state index contributed by atoms with van der Waals surface area (Å²) in [5.74, 6) is 0. The van der Waals surface area contributed by atoms with E-state index in [4.69, 9.17) is 0 Å². The van der Waals surface area contributed by atoms with Gasteiger partial charge in [-0.25, -0.2) is 0 Å². The van der Waals surface area contributed by atoms with Crippen LogP contribution in [0.2, 0.25) is 0 Å². The van der Waals surface area contributed by atoms with Crippen molar-refractivity contribution in [3.8, 4) is 33.4 Å². The van der Waals surface area contributed by atoms with Gasteiger partial charge >= 0.3 is 0 Å². The lowest BCUT2D eigenvalue weighted by atomic mass is 9.83. The van der Waals surface area contributed by atoms with Gasteiger partial charge < -0.3 is 0 Å². The van der Waals surface area contributed by atoms with Gasteiger partial charge in [-0.15, -0.1) is 0 Å². The standard InChI is InChI=1S/C48H30/c1-3-17-35-31(13-1)27-28-41-37(25-12-26-39(35)41)32-15-11-16-34(29-32)47-42-21-7-9-23-44(42)48(45-24-10-8-22-43(45)47)46-30-33-14-2-4-18-36(33)38-19-5-6-20-40(38)46/h1-30H. The SMILES string of the molecule is c1cc(-c2c3ccccc3c(-c3cc4ccccc4c4ccccc34)c3ccccc23)cc(-c2cccc3c2ccc2ccccc23)c1. The molecule has 10 aromatic carbocycles. The summed E-state index contributed by atoms with van der Waals surface area (Å²) >= 11 is 0. The van der Waals surface area contributed by atoms with Gasteiger partial charge in [0, 0.05) is 0 Å². The maximum absolute atomic E-state index is 2.40. The van der Waals surface area contributed by atoms with E-state index in [1.807, 2.05) is 0 Å². The van der Waals surface area contributed by atoms with Gasteiger partial charge in [-0.3, -0.25) is 0 Å². The summed E-state index contributed by atoms with van der Waals surface area (Å²) < 4.78 is 0. The van der Waals surface area contributed by atoms with Crippen LogP contribution in [-0.2, 0) is 0 Å². The Hall–Kier alpha value is -6.24. The van der Waals surface area contributed by atoms with Crippen molar-refractivity contribution in [3.05, 3.63) is 182 Å². The number of benzene rings is 10. The highest BCUT2D eigenvalue weighted by atomic mass is 14.2. The molecule has 0 saturated carbocycles. The van der Waals surface area contributed by atoms with Crippen molar-refractivity contribution >= 4 is 64.6 Å². The molecule has 0 amide bonds. The molecule has 0 unspecified atom stereocenters. The topological polar surface area (TPSA) is 0 Å². The molecule has 0 atom stereocenters. The van der Waals surface area contributed by atoms with Crippen LogP contribution in [0, 0.1) is 0 Å². The molecule has 0 aromatic heterocycles. The summed E-state index contributed by atoms with van der Waals surface area (Å²) in [4.78, 5) is 0. The van der Waals surface area contributed by atoms with E-state index in [9.17, 15) is 0 Å². The average Bonchev–Trinajstić information content (AvgIpc) is 3.16. The highest BCUT2D eigenvalue weighted by Crippen LogP contribution is 2.47. The van der Waals surface area contributed by atoms with Gasteiger partial charge in [-0.1, -0.05) is 170 Å². The zero-order chi connectivity index (χ0) is 31.6. The van der Waals surface area contributed by atoms with E-state index in [0.29, 0.717) is 0 Å². The lowest BCUT2D eigenvalue weighted by Gasteiger charge is -2.20. The molecule has 0 heteroatoms. The van der Waals surface area contributed by atoms with E-state index in [1.54, 1.807) is 0 Å². The van der Waals surface area contributed by atoms with Gasteiger partial charge in [-0.2, -0.15) is 0 Å². The molecule has 0 aliphatic carbocycles. The molecular formula is C48H30. The molecule has 0 fully saturated rings. The lowest BCUT2D eigenvalue weighted by Crippen LogP contribution is -1.92. The molecule has 48 heavy (non-hydrogen) atoms. The highest BCUT2D eigenvalue weighted by molar-refractivity contribution is 6.26. The van der Waals surface area contributed by atoms with Crippen LogP contribution >= 0.6 is 0 Å². The Morgan fingerprint density at radius 3 is 1.35 bits per heavy atom. The van der Waals surface area contributed by atoms with Crippen molar-refractivity contribution in [1.29, 1.82) is 0 Å². The minimum Gasteiger partial charge on any atom is -0.0616 e. The first-order valence-corrected chi connectivity index (χ1v) is 16.7. The molecule has 222 valence electrons. The minimum absolute atomic E-state index is 1.23. The fraction of sp³-hybridized carbons (Fsp3) is 0. The van der Waals surface area contributed by atoms with Crippen molar-refractivity contribution in [2.24, 2.45) is 0 Å². The zero-order valence-electron chi connectivity index (χ0n) is 26.3. The summed E-state index contributed by atoms with van der Waals surface area (Å²) in [6, 6.07) is 67.1. The van der Waals surface area contributed by atoms with E-state index in [1.165, 1.54) is 98.0 Å². The fourth-order valence-electron chi connectivity index (χ4n) is 8.13. The molecule has 0 heterocycles. The van der Waals surface area contributed by atoms with E-state index >= 15 is 0 Å². The first kappa shape index (κ1) is 26.9. The Morgan fingerprint density at radius 2 is 0.667 bits per heavy atom. The van der Waals surface area contributed by atoms with Crippen molar-refractivity contribution in [3.63, 3.8) is 0 Å². The molecule has 0 radical (unpaired) electrons. The van der Waals surface area contributed by atoms with Crippen molar-refractivity contribution in [2.45, 2.75) is 0 Å². The molecule has 0 N–H and O–H groups in total. The first-order valence-electron chi connectivity index (χ1n) is 16.7. The van der Waals surface area contributed by atoms with Crippen LogP contribution in [-0.4, -0.2) is 0 Å².